The number of ether oxygens (including phenoxy) is 1. The Morgan fingerprint density at radius 2 is 1.88 bits per heavy atom. The predicted molar refractivity (Wildman–Crippen MR) is 135 cm³/mol. The van der Waals surface area contributed by atoms with Crippen molar-refractivity contribution < 1.29 is 14.1 Å². The molecule has 0 radical (unpaired) electrons. The van der Waals surface area contributed by atoms with Crippen molar-refractivity contribution in [2.45, 2.75) is 19.9 Å². The van der Waals surface area contributed by atoms with Crippen molar-refractivity contribution in [2.24, 2.45) is 7.05 Å². The first-order valence-corrected chi connectivity index (χ1v) is 11.9. The van der Waals surface area contributed by atoms with E-state index in [1.807, 2.05) is 72.4 Å². The molecule has 0 spiro atoms. The number of rotatable bonds is 5. The topological polar surface area (TPSA) is 50.7 Å². The second-order valence-electron chi connectivity index (χ2n) is 8.54. The number of pyridine rings is 1. The molecule has 1 atom stereocenters. The average Bonchev–Trinajstić information content (AvgIpc) is 3.41. The molecule has 5 aromatic rings. The zero-order valence-corrected chi connectivity index (χ0v) is 20.8. The summed E-state index contributed by atoms with van der Waals surface area (Å²) in [5.41, 5.74) is 6.21. The molecule has 3 aromatic heterocycles. The molecule has 1 amide bonds. The van der Waals surface area contributed by atoms with E-state index in [0.29, 0.717) is 5.01 Å². The minimum absolute atomic E-state index is 0.0406. The van der Waals surface area contributed by atoms with E-state index in [2.05, 4.69) is 41.4 Å². The fourth-order valence-corrected chi connectivity index (χ4v) is 5.83. The molecule has 6 nitrogen and oxygen atoms in total. The molecule has 1 unspecified atom stereocenters. The molecule has 0 bridgehead atoms. The monoisotopic (exact) mass is 471 g/mol. The number of benzene rings is 2. The first-order chi connectivity index (χ1) is 16.4. The maximum atomic E-state index is 14.0. The molecule has 0 saturated carbocycles. The summed E-state index contributed by atoms with van der Waals surface area (Å²) in [5.74, 6) is 0.738. The van der Waals surface area contributed by atoms with Crippen molar-refractivity contribution >= 4 is 33.1 Å². The Morgan fingerprint density at radius 3 is 2.62 bits per heavy atom. The number of aromatic nitrogens is 3. The molecular weight excluding hydrogens is 444 g/mol. The summed E-state index contributed by atoms with van der Waals surface area (Å²) in [4.78, 5) is 20.5. The number of hydrogen-bond acceptors (Lipinski definition) is 4. The van der Waals surface area contributed by atoms with Crippen LogP contribution >= 0.6 is 11.3 Å². The van der Waals surface area contributed by atoms with Gasteiger partial charge in [-0.25, -0.2) is 4.98 Å². The summed E-state index contributed by atoms with van der Waals surface area (Å²) in [7, 11) is 5.47. The number of carbonyl (C=O) groups excluding carboxylic acids is 1. The molecule has 34 heavy (non-hydrogen) atoms. The van der Waals surface area contributed by atoms with Crippen LogP contribution in [-0.4, -0.2) is 34.3 Å². The maximum absolute atomic E-state index is 14.0. The van der Waals surface area contributed by atoms with Crippen molar-refractivity contribution in [3.05, 3.63) is 94.4 Å². The van der Waals surface area contributed by atoms with Crippen molar-refractivity contribution in [1.82, 2.24) is 14.3 Å². The Labute approximate surface area is 202 Å². The summed E-state index contributed by atoms with van der Waals surface area (Å²) < 4.78 is 10.4. The third kappa shape index (κ3) is 3.53. The molecule has 0 aliphatic rings. The van der Waals surface area contributed by atoms with Gasteiger partial charge in [0.2, 0.25) is 5.52 Å². The van der Waals surface area contributed by atoms with Gasteiger partial charge in [-0.3, -0.25) is 4.79 Å². The molecule has 3 heterocycles. The number of fused-ring (bicyclic) bond motifs is 2. The lowest BCUT2D eigenvalue weighted by Crippen LogP contribution is -2.41. The van der Waals surface area contributed by atoms with Crippen LogP contribution in [-0.2, 0) is 7.05 Å². The van der Waals surface area contributed by atoms with E-state index in [4.69, 9.17) is 4.74 Å². The predicted octanol–water partition coefficient (Wildman–Crippen LogP) is 4.86. The number of methoxy groups -OCH3 is 1. The number of nitrogens with zero attached hydrogens (tertiary/aromatic N) is 4. The van der Waals surface area contributed by atoms with Crippen LogP contribution in [0.4, 0.5) is 0 Å². The summed E-state index contributed by atoms with van der Waals surface area (Å²) in [5, 5.41) is 0.663. The van der Waals surface area contributed by atoms with Gasteiger partial charge in [0.25, 0.3) is 0 Å². The first kappa shape index (κ1) is 22.1. The average molecular weight is 472 g/mol. The molecule has 7 heteroatoms. The number of imidazole rings is 1. The third-order valence-corrected chi connectivity index (χ3v) is 7.66. The minimum atomic E-state index is -0.300. The van der Waals surface area contributed by atoms with Gasteiger partial charge in [0.05, 0.1) is 19.0 Å². The standard InChI is InChI=1S/C27H27N4O2S/c1-17-9-8-10-18(2)24(17)25(21-16-28-23-11-6-7-14-31(21)23)30(4)26(32)27-29(3)20-13-12-19(33-5)15-22(20)34-27/h6-16,25H,1-5H3/q+1. The molecule has 0 aliphatic carbocycles. The van der Waals surface area contributed by atoms with Gasteiger partial charge in [0, 0.05) is 25.4 Å². The minimum Gasteiger partial charge on any atom is -0.497 e. The highest BCUT2D eigenvalue weighted by Gasteiger charge is 2.34. The van der Waals surface area contributed by atoms with E-state index >= 15 is 0 Å². The van der Waals surface area contributed by atoms with Crippen molar-refractivity contribution in [3.8, 4) is 5.75 Å². The van der Waals surface area contributed by atoms with E-state index in [0.717, 1.165) is 44.0 Å². The largest absolute Gasteiger partial charge is 0.497 e. The molecule has 0 saturated heterocycles. The van der Waals surface area contributed by atoms with Crippen LogP contribution in [0.3, 0.4) is 0 Å². The molecule has 0 aliphatic heterocycles. The maximum Gasteiger partial charge on any atom is 0.330 e. The van der Waals surface area contributed by atoms with E-state index in [1.54, 1.807) is 7.11 Å². The smallest absolute Gasteiger partial charge is 0.330 e. The lowest BCUT2D eigenvalue weighted by atomic mass is 9.93. The summed E-state index contributed by atoms with van der Waals surface area (Å²) in [6.07, 6.45) is 3.88. The van der Waals surface area contributed by atoms with E-state index in [1.165, 1.54) is 11.3 Å². The first-order valence-electron chi connectivity index (χ1n) is 11.1. The summed E-state index contributed by atoms with van der Waals surface area (Å²) in [6, 6.07) is 17.8. The van der Waals surface area contributed by atoms with Gasteiger partial charge < -0.3 is 14.0 Å². The second-order valence-corrected chi connectivity index (χ2v) is 9.57. The normalized spacial score (nSPS) is 12.3. The quantitative estimate of drug-likeness (QED) is 0.344. The van der Waals surface area contributed by atoms with Gasteiger partial charge in [-0.2, -0.15) is 4.57 Å². The Balaban J connectivity index is 1.67. The van der Waals surface area contributed by atoms with Crippen LogP contribution in [0, 0.1) is 13.8 Å². The highest BCUT2D eigenvalue weighted by Crippen LogP contribution is 2.34. The number of amides is 1. The van der Waals surface area contributed by atoms with Crippen LogP contribution in [0.2, 0.25) is 0 Å². The lowest BCUT2D eigenvalue weighted by Gasteiger charge is -2.29. The molecule has 5 rings (SSSR count). The van der Waals surface area contributed by atoms with Crippen molar-refractivity contribution in [2.75, 3.05) is 14.2 Å². The molecule has 0 N–H and O–H groups in total. The van der Waals surface area contributed by atoms with Crippen LogP contribution in [0.25, 0.3) is 15.9 Å². The number of thiazole rings is 1. The SMILES string of the molecule is COc1ccc2c(c1)sc(C(=O)N(C)C(c1c(C)cccc1C)c1cnc3ccccn13)[n+]2C. The number of hydrogen-bond donors (Lipinski definition) is 0. The van der Waals surface area contributed by atoms with Crippen LogP contribution in [0.15, 0.2) is 67.0 Å². The van der Waals surface area contributed by atoms with E-state index < -0.39 is 0 Å². The Kier molecular flexibility index (Phi) is 5.57. The highest BCUT2D eigenvalue weighted by atomic mass is 32.1. The zero-order valence-electron chi connectivity index (χ0n) is 19.9. The van der Waals surface area contributed by atoms with Gasteiger partial charge in [-0.15, -0.1) is 0 Å². The molecule has 172 valence electrons. The van der Waals surface area contributed by atoms with Crippen molar-refractivity contribution in [3.63, 3.8) is 0 Å². The van der Waals surface area contributed by atoms with E-state index in [-0.39, 0.29) is 11.9 Å². The zero-order chi connectivity index (χ0) is 24.0. The van der Waals surface area contributed by atoms with Gasteiger partial charge in [-0.1, -0.05) is 35.6 Å². The second kappa shape index (κ2) is 8.57. The molecule has 0 fully saturated rings. The van der Waals surface area contributed by atoms with Gasteiger partial charge >= 0.3 is 10.9 Å². The van der Waals surface area contributed by atoms with Crippen LogP contribution in [0.1, 0.15) is 38.2 Å². The summed E-state index contributed by atoms with van der Waals surface area (Å²) >= 11 is 1.48. The van der Waals surface area contributed by atoms with E-state index in [9.17, 15) is 4.79 Å². The van der Waals surface area contributed by atoms with Gasteiger partial charge in [-0.05, 0) is 48.7 Å². The van der Waals surface area contributed by atoms with Crippen molar-refractivity contribution in [1.29, 1.82) is 0 Å². The Hall–Kier alpha value is -3.71. The van der Waals surface area contributed by atoms with Crippen LogP contribution < -0.4 is 9.30 Å². The van der Waals surface area contributed by atoms with Gasteiger partial charge in [0.1, 0.15) is 29.2 Å². The number of carbonyl (C=O) groups is 1. The Bertz CT molecular complexity index is 1510. The molecule has 2 aromatic carbocycles. The summed E-state index contributed by atoms with van der Waals surface area (Å²) in [6.45, 7) is 4.20. The lowest BCUT2D eigenvalue weighted by molar-refractivity contribution is -0.642. The fraction of sp³-hybridized carbons (Fsp3) is 0.222. The highest BCUT2D eigenvalue weighted by molar-refractivity contribution is 7.19. The fourth-order valence-electron chi connectivity index (χ4n) is 4.67. The third-order valence-electron chi connectivity index (χ3n) is 6.47. The Morgan fingerprint density at radius 1 is 1.12 bits per heavy atom. The number of aryl methyl sites for hydroxylation is 3. The van der Waals surface area contributed by atoms with Crippen LogP contribution in [0.5, 0.6) is 5.75 Å². The molecular formula is C27H27N4O2S+. The van der Waals surface area contributed by atoms with Gasteiger partial charge in [0.15, 0.2) is 0 Å².